The Balaban J connectivity index is 2.20. The van der Waals surface area contributed by atoms with Crippen LogP contribution in [0.1, 0.15) is 16.1 Å². The summed E-state index contributed by atoms with van der Waals surface area (Å²) in [4.78, 5) is 18.1. The van der Waals surface area contributed by atoms with Gasteiger partial charge in [0.1, 0.15) is 5.82 Å². The minimum atomic E-state index is -0.00435. The molecule has 1 fully saturated rings. The fraction of sp³-hybridized carbons (Fsp3) is 0.455. The Morgan fingerprint density at radius 1 is 1.47 bits per heavy atom. The third kappa shape index (κ3) is 2.72. The van der Waals surface area contributed by atoms with Crippen molar-refractivity contribution in [1.82, 2.24) is 9.88 Å². The molecule has 0 spiro atoms. The van der Waals surface area contributed by atoms with E-state index >= 15 is 0 Å². The molecule has 92 valence electrons. The summed E-state index contributed by atoms with van der Waals surface area (Å²) in [5, 5.41) is 0. The summed E-state index contributed by atoms with van der Waals surface area (Å²) in [6.45, 7) is 4.28. The minimum absolute atomic E-state index is 0.00435. The number of aryl methyl sites for hydroxylation is 1. The number of hydrogen-bond acceptors (Lipinski definition) is 5. The normalized spacial score (nSPS) is 15.8. The van der Waals surface area contributed by atoms with E-state index < -0.39 is 0 Å². The molecule has 2 heterocycles. The number of nitrogen functional groups attached to an aromatic ring is 1. The molecular weight excluding hydrogens is 220 g/mol. The lowest BCUT2D eigenvalue weighted by Crippen LogP contribution is -2.40. The van der Waals surface area contributed by atoms with E-state index in [-0.39, 0.29) is 5.91 Å². The number of nitrogens with two attached hydrogens (primary N) is 1. The van der Waals surface area contributed by atoms with Crippen molar-refractivity contribution >= 4 is 11.7 Å². The van der Waals surface area contributed by atoms with E-state index in [9.17, 15) is 4.79 Å². The first-order valence-electron chi connectivity index (χ1n) is 5.53. The highest BCUT2D eigenvalue weighted by molar-refractivity contribution is 5.95. The predicted octanol–water partition coefficient (Wildman–Crippen LogP) is 0.148. The summed E-state index contributed by atoms with van der Waals surface area (Å²) in [6.07, 6.45) is 0. The number of carbonyl (C=O) groups is 1. The van der Waals surface area contributed by atoms with Gasteiger partial charge in [-0.3, -0.25) is 4.79 Å². The molecule has 1 amide bonds. The molecule has 2 rings (SSSR count). The van der Waals surface area contributed by atoms with E-state index in [1.54, 1.807) is 17.0 Å². The van der Waals surface area contributed by atoms with Crippen molar-refractivity contribution in [2.75, 3.05) is 31.7 Å². The molecule has 6 heteroatoms. The number of carbonyl (C=O) groups excluding carboxylic acids is 1. The molecule has 1 aromatic rings. The van der Waals surface area contributed by atoms with Crippen LogP contribution in [-0.4, -0.2) is 42.1 Å². The Labute approximate surface area is 99.7 Å². The third-order valence-electron chi connectivity index (χ3n) is 2.65. The molecule has 0 saturated carbocycles. The highest BCUT2D eigenvalue weighted by Gasteiger charge is 2.19. The fourth-order valence-corrected chi connectivity index (χ4v) is 1.81. The zero-order chi connectivity index (χ0) is 12.3. The molecule has 1 aliphatic heterocycles. The molecule has 1 aliphatic rings. The van der Waals surface area contributed by atoms with Gasteiger partial charge in [0.25, 0.3) is 5.91 Å². The van der Waals surface area contributed by atoms with Crippen LogP contribution in [-0.2, 0) is 4.74 Å². The zero-order valence-electron chi connectivity index (χ0n) is 9.77. The van der Waals surface area contributed by atoms with Crippen molar-refractivity contribution < 1.29 is 9.53 Å². The van der Waals surface area contributed by atoms with Crippen molar-refractivity contribution in [1.29, 1.82) is 0 Å². The number of hydrazine groups is 1. The van der Waals surface area contributed by atoms with Gasteiger partial charge in [-0.25, -0.2) is 10.8 Å². The maximum Gasteiger partial charge on any atom is 0.254 e. The topological polar surface area (TPSA) is 80.5 Å². The lowest BCUT2D eigenvalue weighted by Gasteiger charge is -2.27. The Bertz CT molecular complexity index is 416. The minimum Gasteiger partial charge on any atom is -0.378 e. The lowest BCUT2D eigenvalue weighted by molar-refractivity contribution is 0.0303. The Kier molecular flexibility index (Phi) is 3.55. The standard InChI is InChI=1S/C11H16N4O2/c1-8-6-9(7-10(13-8)14-12)11(16)15-2-4-17-5-3-15/h6-7H,2-5,12H2,1H3,(H,13,14). The molecule has 0 unspecified atom stereocenters. The second-order valence-corrected chi connectivity index (χ2v) is 3.93. The number of pyridine rings is 1. The molecule has 0 atom stereocenters. The summed E-state index contributed by atoms with van der Waals surface area (Å²) in [6, 6.07) is 3.42. The Morgan fingerprint density at radius 3 is 2.82 bits per heavy atom. The first-order chi connectivity index (χ1) is 8.20. The van der Waals surface area contributed by atoms with Gasteiger partial charge in [0, 0.05) is 24.3 Å². The van der Waals surface area contributed by atoms with Gasteiger partial charge in [-0.1, -0.05) is 0 Å². The summed E-state index contributed by atoms with van der Waals surface area (Å²) in [7, 11) is 0. The first kappa shape index (κ1) is 11.8. The number of hydrogen-bond donors (Lipinski definition) is 2. The molecule has 1 saturated heterocycles. The van der Waals surface area contributed by atoms with Gasteiger partial charge in [0.2, 0.25) is 0 Å². The van der Waals surface area contributed by atoms with Gasteiger partial charge in [0.15, 0.2) is 0 Å². The van der Waals surface area contributed by atoms with E-state index in [4.69, 9.17) is 10.6 Å². The second-order valence-electron chi connectivity index (χ2n) is 3.93. The number of nitrogens with one attached hydrogen (secondary N) is 1. The predicted molar refractivity (Wildman–Crippen MR) is 63.5 cm³/mol. The van der Waals surface area contributed by atoms with Gasteiger partial charge in [-0.2, -0.15) is 0 Å². The summed E-state index contributed by atoms with van der Waals surface area (Å²) >= 11 is 0. The largest absolute Gasteiger partial charge is 0.378 e. The Hall–Kier alpha value is -1.66. The van der Waals surface area contributed by atoms with Gasteiger partial charge in [-0.15, -0.1) is 0 Å². The molecule has 1 aromatic heterocycles. The van der Waals surface area contributed by atoms with Crippen molar-refractivity contribution in [2.45, 2.75) is 6.92 Å². The fourth-order valence-electron chi connectivity index (χ4n) is 1.81. The van der Waals surface area contributed by atoms with E-state index in [1.807, 2.05) is 6.92 Å². The van der Waals surface area contributed by atoms with Crippen molar-refractivity contribution in [2.24, 2.45) is 5.84 Å². The molecule has 0 radical (unpaired) electrons. The average Bonchev–Trinajstić information content (AvgIpc) is 2.38. The van der Waals surface area contributed by atoms with Crippen LogP contribution in [0.2, 0.25) is 0 Å². The Morgan fingerprint density at radius 2 is 2.18 bits per heavy atom. The highest BCUT2D eigenvalue weighted by Crippen LogP contribution is 2.12. The zero-order valence-corrected chi connectivity index (χ0v) is 9.77. The number of ether oxygens (including phenoxy) is 1. The first-order valence-corrected chi connectivity index (χ1v) is 5.53. The van der Waals surface area contributed by atoms with Gasteiger partial charge in [-0.05, 0) is 19.1 Å². The quantitative estimate of drug-likeness (QED) is 0.564. The van der Waals surface area contributed by atoms with E-state index in [0.29, 0.717) is 37.7 Å². The van der Waals surface area contributed by atoms with E-state index in [0.717, 1.165) is 5.69 Å². The van der Waals surface area contributed by atoms with E-state index in [2.05, 4.69) is 10.4 Å². The number of amides is 1. The van der Waals surface area contributed by atoms with Crippen LogP contribution in [0.25, 0.3) is 0 Å². The van der Waals surface area contributed by atoms with Crippen molar-refractivity contribution in [3.8, 4) is 0 Å². The number of nitrogens with zero attached hydrogens (tertiary/aromatic N) is 2. The second kappa shape index (κ2) is 5.11. The van der Waals surface area contributed by atoms with Crippen LogP contribution in [0, 0.1) is 6.92 Å². The summed E-state index contributed by atoms with van der Waals surface area (Å²) < 4.78 is 5.22. The van der Waals surface area contributed by atoms with Crippen LogP contribution >= 0.6 is 0 Å². The maximum absolute atomic E-state index is 12.2. The molecule has 0 aromatic carbocycles. The monoisotopic (exact) mass is 236 g/mol. The van der Waals surface area contributed by atoms with Gasteiger partial charge >= 0.3 is 0 Å². The van der Waals surface area contributed by atoms with Crippen LogP contribution in [0.5, 0.6) is 0 Å². The van der Waals surface area contributed by atoms with Crippen LogP contribution in [0.3, 0.4) is 0 Å². The number of rotatable bonds is 2. The highest BCUT2D eigenvalue weighted by atomic mass is 16.5. The molecule has 0 bridgehead atoms. The van der Waals surface area contributed by atoms with E-state index in [1.165, 1.54) is 0 Å². The van der Waals surface area contributed by atoms with Crippen LogP contribution in [0.4, 0.5) is 5.82 Å². The molecule has 0 aliphatic carbocycles. The smallest absolute Gasteiger partial charge is 0.254 e. The SMILES string of the molecule is Cc1cc(C(=O)N2CCOCC2)cc(NN)n1. The summed E-state index contributed by atoms with van der Waals surface area (Å²) in [5.41, 5.74) is 3.82. The number of morpholine rings is 1. The summed E-state index contributed by atoms with van der Waals surface area (Å²) in [5.74, 6) is 5.81. The van der Waals surface area contributed by atoms with Crippen LogP contribution < -0.4 is 11.3 Å². The maximum atomic E-state index is 12.2. The average molecular weight is 236 g/mol. The number of anilines is 1. The van der Waals surface area contributed by atoms with Gasteiger partial charge < -0.3 is 15.1 Å². The molecule has 6 nitrogen and oxygen atoms in total. The van der Waals surface area contributed by atoms with Gasteiger partial charge in [0.05, 0.1) is 13.2 Å². The van der Waals surface area contributed by atoms with Crippen LogP contribution in [0.15, 0.2) is 12.1 Å². The number of aromatic nitrogens is 1. The molecule has 3 N–H and O–H groups in total. The molecule has 17 heavy (non-hydrogen) atoms. The third-order valence-corrected chi connectivity index (χ3v) is 2.65. The lowest BCUT2D eigenvalue weighted by atomic mass is 10.2. The van der Waals surface area contributed by atoms with Crippen molar-refractivity contribution in [3.63, 3.8) is 0 Å². The van der Waals surface area contributed by atoms with Crippen molar-refractivity contribution in [3.05, 3.63) is 23.4 Å². The molecular formula is C11H16N4O2.